The maximum atomic E-state index is 9.00. The van der Waals surface area contributed by atoms with Gasteiger partial charge in [-0.2, -0.15) is 5.26 Å². The summed E-state index contributed by atoms with van der Waals surface area (Å²) in [5, 5.41) is 11.0. The van der Waals surface area contributed by atoms with E-state index in [9.17, 15) is 0 Å². The van der Waals surface area contributed by atoms with Gasteiger partial charge in [-0.05, 0) is 35.7 Å². The first-order valence-corrected chi connectivity index (χ1v) is 10.4. The molecule has 0 bridgehead atoms. The van der Waals surface area contributed by atoms with E-state index in [1.165, 1.54) is 0 Å². The minimum absolute atomic E-state index is 0. The van der Waals surface area contributed by atoms with Gasteiger partial charge in [-0.3, -0.25) is 0 Å². The topological polar surface area (TPSA) is 62.7 Å². The second-order valence-electron chi connectivity index (χ2n) is 7.23. The Labute approximate surface area is 210 Å². The van der Waals surface area contributed by atoms with Crippen LogP contribution in [0, 0.1) is 23.5 Å². The van der Waals surface area contributed by atoms with Crippen LogP contribution in [0.25, 0.3) is 44.5 Å². The van der Waals surface area contributed by atoms with Crippen LogP contribution in [-0.2, 0) is 20.1 Å². The van der Waals surface area contributed by atoms with Crippen LogP contribution in [0.4, 0.5) is 0 Å². The van der Waals surface area contributed by atoms with Crippen molar-refractivity contribution in [2.24, 2.45) is 0 Å². The minimum Gasteiger partial charge on any atom is -0.501 e. The fraction of sp³-hybridized carbons (Fsp3) is 0. The van der Waals surface area contributed by atoms with Crippen LogP contribution in [0.2, 0.25) is 0 Å². The molecule has 3 aromatic heterocycles. The first kappa shape index (κ1) is 23.1. The van der Waals surface area contributed by atoms with Crippen LogP contribution >= 0.6 is 0 Å². The van der Waals surface area contributed by atoms with Crippen molar-refractivity contribution in [1.29, 1.82) is 5.26 Å². The number of pyridine rings is 2. The largest absolute Gasteiger partial charge is 0.501 e. The third-order valence-electron chi connectivity index (χ3n) is 5.13. The standard InChI is InChI=1S/C18H9N2O.C11H8N.Ir/c19-11-12-7-8-13-14-4-3-5-15(16-6-1-2-9-20-16)18(14)21-17(13)10-12;1-2-6-10(7-3-1)11-8-4-5-9-12-11;/h1-4,6-10H;1-6,8-9H;/q2*-1;. The molecule has 4 nitrogen and oxygen atoms in total. The SMILES string of the molecule is N#Cc1ccc2c(c1)oc1c(-c3ccccn3)[c-]ccc12.[Ir].[c-]1ccccc1-c1ccccn1. The van der Waals surface area contributed by atoms with Crippen LogP contribution in [-0.4, -0.2) is 9.97 Å². The van der Waals surface area contributed by atoms with Crippen LogP contribution in [0.5, 0.6) is 0 Å². The Morgan fingerprint density at radius 3 is 2.18 bits per heavy atom. The molecule has 6 aromatic rings. The number of benzene rings is 3. The molecule has 0 aliphatic carbocycles. The van der Waals surface area contributed by atoms with E-state index in [4.69, 9.17) is 9.68 Å². The Kier molecular flexibility index (Phi) is 7.25. The summed E-state index contributed by atoms with van der Waals surface area (Å²) in [7, 11) is 0. The van der Waals surface area contributed by atoms with E-state index < -0.39 is 0 Å². The van der Waals surface area contributed by atoms with Crippen molar-refractivity contribution < 1.29 is 24.5 Å². The van der Waals surface area contributed by atoms with E-state index in [1.54, 1.807) is 24.5 Å². The van der Waals surface area contributed by atoms with Crippen molar-refractivity contribution in [3.8, 4) is 28.6 Å². The molecule has 1 radical (unpaired) electrons. The molecule has 5 heteroatoms. The maximum absolute atomic E-state index is 9.00. The van der Waals surface area contributed by atoms with E-state index >= 15 is 0 Å². The number of furan rings is 1. The quantitative estimate of drug-likeness (QED) is 0.200. The first-order chi connectivity index (χ1) is 16.3. The summed E-state index contributed by atoms with van der Waals surface area (Å²) in [6.45, 7) is 0. The van der Waals surface area contributed by atoms with E-state index in [0.29, 0.717) is 11.1 Å². The van der Waals surface area contributed by atoms with Crippen molar-refractivity contribution in [2.75, 3.05) is 0 Å². The van der Waals surface area contributed by atoms with Gasteiger partial charge in [-0.25, -0.2) is 0 Å². The van der Waals surface area contributed by atoms with Gasteiger partial charge in [-0.1, -0.05) is 41.3 Å². The molecule has 0 unspecified atom stereocenters. The number of rotatable bonds is 2. The fourth-order valence-corrected chi connectivity index (χ4v) is 3.59. The summed E-state index contributed by atoms with van der Waals surface area (Å²) in [5.74, 6) is 0. The van der Waals surface area contributed by atoms with Crippen molar-refractivity contribution in [3.63, 3.8) is 0 Å². The van der Waals surface area contributed by atoms with Gasteiger partial charge in [0.25, 0.3) is 0 Å². The summed E-state index contributed by atoms with van der Waals surface area (Å²) in [5.41, 5.74) is 5.72. The molecule has 0 saturated heterocycles. The van der Waals surface area contributed by atoms with Crippen LogP contribution in [0.3, 0.4) is 0 Å². The Morgan fingerprint density at radius 1 is 0.735 bits per heavy atom. The van der Waals surface area contributed by atoms with Gasteiger partial charge in [0.15, 0.2) is 0 Å². The van der Waals surface area contributed by atoms with Gasteiger partial charge in [-0.15, -0.1) is 54.1 Å². The maximum Gasteiger partial charge on any atom is 0.122 e. The molecule has 0 spiro atoms. The molecule has 3 heterocycles. The van der Waals surface area contributed by atoms with E-state index in [2.05, 4.69) is 28.2 Å². The molecule has 0 saturated carbocycles. The van der Waals surface area contributed by atoms with Crippen molar-refractivity contribution in [2.45, 2.75) is 0 Å². The zero-order valence-corrected chi connectivity index (χ0v) is 20.3. The molecule has 165 valence electrons. The van der Waals surface area contributed by atoms with Crippen molar-refractivity contribution >= 4 is 21.9 Å². The third kappa shape index (κ3) is 4.79. The van der Waals surface area contributed by atoms with E-state index in [-0.39, 0.29) is 20.1 Å². The molecule has 0 amide bonds. The molecular formula is C29H17IrN3O-2. The molecule has 34 heavy (non-hydrogen) atoms. The van der Waals surface area contributed by atoms with Gasteiger partial charge < -0.3 is 14.4 Å². The predicted molar refractivity (Wildman–Crippen MR) is 129 cm³/mol. The van der Waals surface area contributed by atoms with Crippen molar-refractivity contribution in [3.05, 3.63) is 121 Å². The Morgan fingerprint density at radius 2 is 1.50 bits per heavy atom. The van der Waals surface area contributed by atoms with Crippen LogP contribution < -0.4 is 0 Å². The molecular weight excluding hydrogens is 599 g/mol. The second-order valence-corrected chi connectivity index (χ2v) is 7.23. The number of nitriles is 1. The molecule has 6 rings (SSSR count). The van der Waals surface area contributed by atoms with Gasteiger partial charge in [0.2, 0.25) is 0 Å². The predicted octanol–water partition coefficient (Wildman–Crippen LogP) is 6.87. The molecule has 0 aliphatic heterocycles. The monoisotopic (exact) mass is 616 g/mol. The third-order valence-corrected chi connectivity index (χ3v) is 5.13. The average molecular weight is 616 g/mol. The zero-order chi connectivity index (χ0) is 22.5. The van der Waals surface area contributed by atoms with Crippen molar-refractivity contribution in [1.82, 2.24) is 9.97 Å². The fourth-order valence-electron chi connectivity index (χ4n) is 3.59. The molecule has 0 fully saturated rings. The van der Waals surface area contributed by atoms with Crippen LogP contribution in [0.15, 0.2) is 108 Å². The summed E-state index contributed by atoms with van der Waals surface area (Å²) in [4.78, 5) is 8.58. The summed E-state index contributed by atoms with van der Waals surface area (Å²) >= 11 is 0. The zero-order valence-electron chi connectivity index (χ0n) is 17.9. The molecule has 3 aromatic carbocycles. The molecule has 0 atom stereocenters. The summed E-state index contributed by atoms with van der Waals surface area (Å²) in [6.07, 6.45) is 3.54. The number of fused-ring (bicyclic) bond motifs is 3. The normalized spacial score (nSPS) is 10.1. The van der Waals surface area contributed by atoms with Gasteiger partial charge in [0.1, 0.15) is 5.58 Å². The Hall–Kier alpha value is -4.10. The summed E-state index contributed by atoms with van der Waals surface area (Å²) < 4.78 is 5.96. The molecule has 0 aliphatic rings. The van der Waals surface area contributed by atoms with Gasteiger partial charge in [0, 0.05) is 37.9 Å². The second kappa shape index (κ2) is 10.7. The van der Waals surface area contributed by atoms with E-state index in [1.807, 2.05) is 78.9 Å². The van der Waals surface area contributed by atoms with E-state index in [0.717, 1.165) is 38.9 Å². The van der Waals surface area contributed by atoms with Gasteiger partial charge >= 0.3 is 0 Å². The number of aromatic nitrogens is 2. The van der Waals surface area contributed by atoms with Crippen LogP contribution in [0.1, 0.15) is 5.56 Å². The first-order valence-electron chi connectivity index (χ1n) is 10.4. The number of hydrogen-bond acceptors (Lipinski definition) is 4. The summed E-state index contributed by atoms with van der Waals surface area (Å²) in [6, 6.07) is 37.2. The van der Waals surface area contributed by atoms with Gasteiger partial charge in [0.05, 0.1) is 17.2 Å². The average Bonchev–Trinajstić information content (AvgIpc) is 3.28. The molecule has 0 N–H and O–H groups in total. The number of hydrogen-bond donors (Lipinski definition) is 0. The smallest absolute Gasteiger partial charge is 0.122 e. The Balaban J connectivity index is 0.000000180. The minimum atomic E-state index is 0. The number of nitrogens with zero attached hydrogens (tertiary/aromatic N) is 3. The Bertz CT molecular complexity index is 1520.